The summed E-state index contributed by atoms with van der Waals surface area (Å²) < 4.78 is 19.1. The van der Waals surface area contributed by atoms with Crippen LogP contribution in [0.15, 0.2) is 32.3 Å². The molecular weight excluding hydrogens is 322 g/mol. The van der Waals surface area contributed by atoms with Crippen LogP contribution in [0.2, 0.25) is 0 Å². The van der Waals surface area contributed by atoms with Crippen molar-refractivity contribution in [3.8, 4) is 5.75 Å². The standard InChI is InChI=1S/C15H15NO6S/c1-8-5-14(18)22-12-7-11(17)13(6-9(8)12)23(21)16-4-2-3-10(16)15(19)20/h5-7,10,17H,2-4H2,1H3,(H,19,20)/t10-,23?/m0/s1. The van der Waals surface area contributed by atoms with Crippen molar-refractivity contribution in [3.05, 3.63) is 34.2 Å². The summed E-state index contributed by atoms with van der Waals surface area (Å²) >= 11 is 0. The van der Waals surface area contributed by atoms with Crippen molar-refractivity contribution in [2.75, 3.05) is 6.54 Å². The number of aliphatic carboxylic acids is 1. The zero-order chi connectivity index (χ0) is 16.7. The molecule has 2 aromatic rings. The zero-order valence-electron chi connectivity index (χ0n) is 12.3. The molecule has 23 heavy (non-hydrogen) atoms. The number of nitrogens with zero attached hydrogens (tertiary/aromatic N) is 1. The maximum atomic E-state index is 12.7. The average molecular weight is 337 g/mol. The van der Waals surface area contributed by atoms with Gasteiger partial charge >= 0.3 is 11.6 Å². The quantitative estimate of drug-likeness (QED) is 0.819. The van der Waals surface area contributed by atoms with E-state index >= 15 is 0 Å². The minimum absolute atomic E-state index is 0.114. The molecule has 3 rings (SSSR count). The van der Waals surface area contributed by atoms with Gasteiger partial charge in [-0.3, -0.25) is 4.79 Å². The number of carbonyl (C=O) groups is 1. The molecule has 0 spiro atoms. The van der Waals surface area contributed by atoms with Crippen molar-refractivity contribution >= 4 is 27.9 Å². The van der Waals surface area contributed by atoms with Gasteiger partial charge < -0.3 is 14.6 Å². The normalized spacial score (nSPS) is 20.0. The van der Waals surface area contributed by atoms with Crippen LogP contribution in [-0.2, 0) is 15.8 Å². The third-order valence-corrected chi connectivity index (χ3v) is 5.49. The van der Waals surface area contributed by atoms with Gasteiger partial charge in [-0.25, -0.2) is 13.3 Å². The van der Waals surface area contributed by atoms with E-state index in [1.54, 1.807) is 6.92 Å². The van der Waals surface area contributed by atoms with Crippen LogP contribution in [0.4, 0.5) is 0 Å². The number of carboxylic acids is 1. The number of aromatic hydroxyl groups is 1. The maximum Gasteiger partial charge on any atom is 0.336 e. The van der Waals surface area contributed by atoms with Gasteiger partial charge in [-0.1, -0.05) is 0 Å². The molecular formula is C15H15NO6S. The van der Waals surface area contributed by atoms with Gasteiger partial charge in [0.1, 0.15) is 28.4 Å². The number of benzene rings is 1. The number of carboxylic acid groups (broad SMARTS) is 1. The van der Waals surface area contributed by atoms with Gasteiger partial charge in [-0.2, -0.15) is 0 Å². The molecule has 0 radical (unpaired) electrons. The SMILES string of the molecule is Cc1cc(=O)oc2cc(O)c(S(=O)N3CCC[C@H]3C(=O)O)cc12. The van der Waals surface area contributed by atoms with Gasteiger partial charge in [0.2, 0.25) is 0 Å². The monoisotopic (exact) mass is 337 g/mol. The van der Waals surface area contributed by atoms with Crippen molar-refractivity contribution in [2.24, 2.45) is 0 Å². The van der Waals surface area contributed by atoms with Crippen LogP contribution in [0, 0.1) is 6.92 Å². The number of phenolic OH excluding ortho intramolecular Hbond substituents is 1. The molecule has 1 aromatic carbocycles. The van der Waals surface area contributed by atoms with E-state index in [1.165, 1.54) is 22.5 Å². The molecule has 1 aromatic heterocycles. The van der Waals surface area contributed by atoms with Crippen molar-refractivity contribution in [2.45, 2.75) is 30.7 Å². The van der Waals surface area contributed by atoms with Gasteiger partial charge in [-0.05, 0) is 31.4 Å². The Kier molecular flexibility index (Phi) is 3.95. The number of rotatable bonds is 3. The van der Waals surface area contributed by atoms with E-state index in [0.717, 1.165) is 0 Å². The number of hydrogen-bond donors (Lipinski definition) is 2. The summed E-state index contributed by atoms with van der Waals surface area (Å²) in [6.07, 6.45) is 1.05. The zero-order valence-corrected chi connectivity index (χ0v) is 13.1. The highest BCUT2D eigenvalue weighted by Gasteiger charge is 2.35. The highest BCUT2D eigenvalue weighted by molar-refractivity contribution is 7.82. The molecule has 2 heterocycles. The van der Waals surface area contributed by atoms with Crippen molar-refractivity contribution in [1.29, 1.82) is 0 Å². The van der Waals surface area contributed by atoms with E-state index in [0.29, 0.717) is 30.3 Å². The molecule has 1 aliphatic heterocycles. The molecule has 7 nitrogen and oxygen atoms in total. The summed E-state index contributed by atoms with van der Waals surface area (Å²) in [6, 6.07) is 3.20. The highest BCUT2D eigenvalue weighted by Crippen LogP contribution is 2.32. The summed E-state index contributed by atoms with van der Waals surface area (Å²) in [5.41, 5.74) is 0.295. The Bertz CT molecular complexity index is 874. The summed E-state index contributed by atoms with van der Waals surface area (Å²) in [5.74, 6) is -1.32. The maximum absolute atomic E-state index is 12.7. The Hall–Kier alpha value is -2.19. The second kappa shape index (κ2) is 5.78. The molecule has 0 bridgehead atoms. The Balaban J connectivity index is 2.09. The Morgan fingerprint density at radius 3 is 2.83 bits per heavy atom. The molecule has 1 fully saturated rings. The predicted octanol–water partition coefficient (Wildman–Crippen LogP) is 1.38. The van der Waals surface area contributed by atoms with E-state index in [-0.39, 0.29) is 16.2 Å². The first-order valence-corrected chi connectivity index (χ1v) is 8.18. The molecule has 0 saturated carbocycles. The Morgan fingerprint density at radius 1 is 1.39 bits per heavy atom. The topological polar surface area (TPSA) is 108 Å². The van der Waals surface area contributed by atoms with Gasteiger partial charge in [-0.15, -0.1) is 0 Å². The Morgan fingerprint density at radius 2 is 2.13 bits per heavy atom. The largest absolute Gasteiger partial charge is 0.506 e. The van der Waals surface area contributed by atoms with Crippen LogP contribution in [0.1, 0.15) is 18.4 Å². The van der Waals surface area contributed by atoms with E-state index < -0.39 is 28.6 Å². The van der Waals surface area contributed by atoms with E-state index in [9.17, 15) is 24.0 Å². The van der Waals surface area contributed by atoms with Crippen molar-refractivity contribution < 1.29 is 23.6 Å². The van der Waals surface area contributed by atoms with Crippen LogP contribution in [0.25, 0.3) is 11.0 Å². The number of phenols is 1. The highest BCUT2D eigenvalue weighted by atomic mass is 32.2. The number of fused-ring (bicyclic) bond motifs is 1. The summed E-state index contributed by atoms with van der Waals surface area (Å²) in [7, 11) is -1.81. The fraction of sp³-hybridized carbons (Fsp3) is 0.333. The third-order valence-electron chi connectivity index (χ3n) is 3.92. The fourth-order valence-corrected chi connectivity index (χ4v) is 4.22. The lowest BCUT2D eigenvalue weighted by Crippen LogP contribution is -2.37. The van der Waals surface area contributed by atoms with Crippen LogP contribution in [-0.4, -0.2) is 37.3 Å². The molecule has 1 aliphatic rings. The van der Waals surface area contributed by atoms with Gasteiger partial charge in [0.25, 0.3) is 0 Å². The van der Waals surface area contributed by atoms with Gasteiger partial charge in [0.15, 0.2) is 0 Å². The van der Waals surface area contributed by atoms with E-state index in [4.69, 9.17) is 4.42 Å². The summed E-state index contributed by atoms with van der Waals surface area (Å²) in [5, 5.41) is 19.9. The molecule has 1 unspecified atom stereocenters. The van der Waals surface area contributed by atoms with Crippen molar-refractivity contribution in [3.63, 3.8) is 0 Å². The molecule has 0 aliphatic carbocycles. The minimum Gasteiger partial charge on any atom is -0.506 e. The van der Waals surface area contributed by atoms with Crippen LogP contribution in [0.3, 0.4) is 0 Å². The first-order chi connectivity index (χ1) is 10.9. The molecule has 2 N–H and O–H groups in total. The van der Waals surface area contributed by atoms with Crippen molar-refractivity contribution in [1.82, 2.24) is 4.31 Å². The lowest BCUT2D eigenvalue weighted by Gasteiger charge is -2.20. The molecule has 122 valence electrons. The second-order valence-electron chi connectivity index (χ2n) is 5.45. The van der Waals surface area contributed by atoms with E-state index in [1.807, 2.05) is 0 Å². The number of hydrogen-bond acceptors (Lipinski definition) is 5. The second-order valence-corrected chi connectivity index (χ2v) is 6.86. The third kappa shape index (κ3) is 2.75. The lowest BCUT2D eigenvalue weighted by atomic mass is 10.1. The first kappa shape index (κ1) is 15.7. The van der Waals surface area contributed by atoms with Gasteiger partial charge in [0, 0.05) is 24.1 Å². The number of aryl methyl sites for hydroxylation is 1. The molecule has 0 amide bonds. The lowest BCUT2D eigenvalue weighted by molar-refractivity contribution is -0.140. The van der Waals surface area contributed by atoms with E-state index in [2.05, 4.69) is 0 Å². The molecule has 2 atom stereocenters. The first-order valence-electron chi connectivity index (χ1n) is 7.07. The average Bonchev–Trinajstić information content (AvgIpc) is 2.95. The predicted molar refractivity (Wildman–Crippen MR) is 82.7 cm³/mol. The fourth-order valence-electron chi connectivity index (χ4n) is 2.79. The van der Waals surface area contributed by atoms with Crippen LogP contribution < -0.4 is 5.63 Å². The summed E-state index contributed by atoms with van der Waals surface area (Å²) in [4.78, 5) is 22.7. The smallest absolute Gasteiger partial charge is 0.336 e. The molecule has 8 heteroatoms. The van der Waals surface area contributed by atoms with Gasteiger partial charge in [0.05, 0.1) is 4.90 Å². The van der Waals surface area contributed by atoms with Crippen LogP contribution >= 0.6 is 0 Å². The Labute approximate surface area is 133 Å². The minimum atomic E-state index is -1.81. The van der Waals surface area contributed by atoms with Crippen LogP contribution in [0.5, 0.6) is 5.75 Å². The summed E-state index contributed by atoms with van der Waals surface area (Å²) in [6.45, 7) is 2.09. The molecule has 1 saturated heterocycles.